The van der Waals surface area contributed by atoms with Crippen LogP contribution >= 0.6 is 0 Å². The fourth-order valence-corrected chi connectivity index (χ4v) is 1.51. The second kappa shape index (κ2) is 4.79. The summed E-state index contributed by atoms with van der Waals surface area (Å²) in [5.41, 5.74) is 0.335. The van der Waals surface area contributed by atoms with E-state index in [1.165, 1.54) is 14.2 Å². The summed E-state index contributed by atoms with van der Waals surface area (Å²) in [6.07, 6.45) is 0.469. The van der Waals surface area contributed by atoms with Gasteiger partial charge in [-0.3, -0.25) is 4.90 Å². The fourth-order valence-electron chi connectivity index (χ4n) is 1.51. The van der Waals surface area contributed by atoms with Gasteiger partial charge in [-0.05, 0) is 0 Å². The molecule has 1 heterocycles. The molecule has 15 heavy (non-hydrogen) atoms. The maximum Gasteiger partial charge on any atom is 0.408 e. The van der Waals surface area contributed by atoms with Gasteiger partial charge in [0, 0.05) is 13.7 Å². The summed E-state index contributed by atoms with van der Waals surface area (Å²) < 4.78 is 9.43. The quantitative estimate of drug-likeness (QED) is 0.675. The second-order valence-corrected chi connectivity index (χ2v) is 3.06. The van der Waals surface area contributed by atoms with Gasteiger partial charge < -0.3 is 14.6 Å². The molecule has 0 aromatic rings. The molecule has 0 radical (unpaired) electrons. The molecule has 0 bridgehead atoms. The minimum absolute atomic E-state index is 0.146. The number of methoxy groups -OCH3 is 2. The molecule has 0 saturated carbocycles. The van der Waals surface area contributed by atoms with Crippen LogP contribution in [-0.2, 0) is 14.3 Å². The number of rotatable bonds is 3. The van der Waals surface area contributed by atoms with Crippen LogP contribution in [0.15, 0.2) is 11.6 Å². The van der Waals surface area contributed by atoms with E-state index in [1.807, 2.05) is 0 Å². The molecule has 0 spiro atoms. The summed E-state index contributed by atoms with van der Waals surface area (Å²) in [5, 5.41) is 8.87. The molecule has 0 aliphatic carbocycles. The molecule has 0 aromatic carbocycles. The van der Waals surface area contributed by atoms with Crippen LogP contribution in [0, 0.1) is 0 Å². The van der Waals surface area contributed by atoms with E-state index in [4.69, 9.17) is 9.84 Å². The summed E-state index contributed by atoms with van der Waals surface area (Å²) in [5.74, 6) is -0.513. The lowest BCUT2D eigenvalue weighted by Gasteiger charge is -2.22. The number of amides is 1. The molecular weight excluding hydrogens is 202 g/mol. The highest BCUT2D eigenvalue weighted by Gasteiger charge is 2.34. The van der Waals surface area contributed by atoms with Crippen LogP contribution < -0.4 is 0 Å². The zero-order valence-electron chi connectivity index (χ0n) is 8.60. The minimum atomic E-state index is -1.08. The van der Waals surface area contributed by atoms with E-state index >= 15 is 0 Å². The van der Waals surface area contributed by atoms with Crippen LogP contribution in [-0.4, -0.2) is 55.5 Å². The average molecular weight is 215 g/mol. The lowest BCUT2D eigenvalue weighted by Crippen LogP contribution is -2.40. The van der Waals surface area contributed by atoms with E-state index in [0.717, 1.165) is 4.90 Å². The maximum atomic E-state index is 11.3. The summed E-state index contributed by atoms with van der Waals surface area (Å²) in [6.45, 7) is 0.334. The van der Waals surface area contributed by atoms with Crippen LogP contribution in [0.5, 0.6) is 0 Å². The van der Waals surface area contributed by atoms with E-state index in [-0.39, 0.29) is 13.2 Å². The minimum Gasteiger partial charge on any atom is -0.466 e. The highest BCUT2D eigenvalue weighted by atomic mass is 16.5. The first kappa shape index (κ1) is 11.5. The van der Waals surface area contributed by atoms with Gasteiger partial charge in [0.05, 0.1) is 25.3 Å². The Kier molecular flexibility index (Phi) is 3.68. The maximum absolute atomic E-state index is 11.3. The molecule has 84 valence electrons. The van der Waals surface area contributed by atoms with Gasteiger partial charge in [-0.2, -0.15) is 0 Å². The van der Waals surface area contributed by atoms with Crippen molar-refractivity contribution in [2.24, 2.45) is 0 Å². The topological polar surface area (TPSA) is 76.1 Å². The lowest BCUT2D eigenvalue weighted by atomic mass is 10.1. The molecular formula is C9H13NO5. The van der Waals surface area contributed by atoms with Gasteiger partial charge in [-0.25, -0.2) is 9.59 Å². The average Bonchev–Trinajstić information content (AvgIpc) is 2.61. The number of nitrogens with zero attached hydrogens (tertiary/aromatic N) is 1. The first-order valence-corrected chi connectivity index (χ1v) is 4.38. The van der Waals surface area contributed by atoms with E-state index in [0.29, 0.717) is 5.57 Å². The largest absolute Gasteiger partial charge is 0.466 e. The molecule has 1 aliphatic heterocycles. The van der Waals surface area contributed by atoms with Crippen LogP contribution in [0.1, 0.15) is 0 Å². The summed E-state index contributed by atoms with van der Waals surface area (Å²) >= 11 is 0. The Hall–Kier alpha value is -1.56. The number of carboxylic acid groups (broad SMARTS) is 1. The molecule has 6 nitrogen and oxygen atoms in total. The van der Waals surface area contributed by atoms with Gasteiger partial charge in [-0.1, -0.05) is 6.08 Å². The van der Waals surface area contributed by atoms with Crippen LogP contribution in [0.3, 0.4) is 0 Å². The number of carbonyl (C=O) groups excluding carboxylic acids is 1. The fraction of sp³-hybridized carbons (Fsp3) is 0.556. The van der Waals surface area contributed by atoms with Gasteiger partial charge >= 0.3 is 12.1 Å². The molecule has 1 amide bonds. The number of hydrogen-bond donors (Lipinski definition) is 1. The number of carbonyl (C=O) groups is 2. The first-order chi connectivity index (χ1) is 7.11. The van der Waals surface area contributed by atoms with Crippen molar-refractivity contribution in [3.05, 3.63) is 11.6 Å². The molecule has 1 atom stereocenters. The SMILES string of the molecule is COC[C@H]1C(C(=O)OC)=CCN1C(=O)O. The number of ether oxygens (including phenoxy) is 2. The molecule has 0 unspecified atom stereocenters. The molecule has 0 aromatic heterocycles. The Balaban J connectivity index is 2.81. The number of esters is 1. The van der Waals surface area contributed by atoms with Gasteiger partial charge in [-0.15, -0.1) is 0 Å². The van der Waals surface area contributed by atoms with Crippen molar-refractivity contribution in [1.29, 1.82) is 0 Å². The van der Waals surface area contributed by atoms with E-state index in [1.54, 1.807) is 6.08 Å². The van der Waals surface area contributed by atoms with Gasteiger partial charge in [0.2, 0.25) is 0 Å². The summed E-state index contributed by atoms with van der Waals surface area (Å²) in [6, 6.07) is -0.569. The van der Waals surface area contributed by atoms with Crippen molar-refractivity contribution >= 4 is 12.1 Å². The monoisotopic (exact) mass is 215 g/mol. The Morgan fingerprint density at radius 1 is 1.60 bits per heavy atom. The Morgan fingerprint density at radius 2 is 2.27 bits per heavy atom. The van der Waals surface area contributed by atoms with Gasteiger partial charge in [0.1, 0.15) is 0 Å². The van der Waals surface area contributed by atoms with Crippen LogP contribution in [0.2, 0.25) is 0 Å². The van der Waals surface area contributed by atoms with Crippen molar-refractivity contribution in [2.75, 3.05) is 27.4 Å². The second-order valence-electron chi connectivity index (χ2n) is 3.06. The van der Waals surface area contributed by atoms with Crippen molar-refractivity contribution in [3.63, 3.8) is 0 Å². The Bertz CT molecular complexity index is 299. The lowest BCUT2D eigenvalue weighted by molar-refractivity contribution is -0.136. The molecule has 0 fully saturated rings. The summed E-state index contributed by atoms with van der Waals surface area (Å²) in [4.78, 5) is 23.3. The third kappa shape index (κ3) is 2.27. The highest BCUT2D eigenvalue weighted by Crippen LogP contribution is 2.20. The zero-order valence-corrected chi connectivity index (χ0v) is 8.60. The van der Waals surface area contributed by atoms with Gasteiger partial charge in [0.15, 0.2) is 0 Å². The molecule has 1 N–H and O–H groups in total. The molecule has 1 rings (SSSR count). The molecule has 1 aliphatic rings. The van der Waals surface area contributed by atoms with Gasteiger partial charge in [0.25, 0.3) is 0 Å². The smallest absolute Gasteiger partial charge is 0.408 e. The van der Waals surface area contributed by atoms with E-state index in [2.05, 4.69) is 4.74 Å². The van der Waals surface area contributed by atoms with Crippen molar-refractivity contribution in [1.82, 2.24) is 4.90 Å². The normalized spacial score (nSPS) is 20.0. The zero-order chi connectivity index (χ0) is 11.4. The Labute approximate surface area is 87.1 Å². The first-order valence-electron chi connectivity index (χ1n) is 4.38. The Morgan fingerprint density at radius 3 is 2.73 bits per heavy atom. The van der Waals surface area contributed by atoms with Crippen LogP contribution in [0.25, 0.3) is 0 Å². The molecule has 0 saturated heterocycles. The van der Waals surface area contributed by atoms with Crippen molar-refractivity contribution in [3.8, 4) is 0 Å². The standard InChI is InChI=1S/C9H13NO5/c1-14-5-7-6(8(11)15-2)3-4-10(7)9(12)13/h3,7H,4-5H2,1-2H3,(H,12,13)/t7-/m0/s1. The van der Waals surface area contributed by atoms with Crippen molar-refractivity contribution < 1.29 is 24.2 Å². The number of hydrogen-bond acceptors (Lipinski definition) is 4. The van der Waals surface area contributed by atoms with Crippen molar-refractivity contribution in [2.45, 2.75) is 6.04 Å². The van der Waals surface area contributed by atoms with E-state index < -0.39 is 18.1 Å². The van der Waals surface area contributed by atoms with Crippen LogP contribution in [0.4, 0.5) is 4.79 Å². The van der Waals surface area contributed by atoms with E-state index in [9.17, 15) is 9.59 Å². The highest BCUT2D eigenvalue weighted by molar-refractivity contribution is 5.91. The summed E-state index contributed by atoms with van der Waals surface area (Å²) in [7, 11) is 2.71. The third-order valence-corrected chi connectivity index (χ3v) is 2.23. The third-order valence-electron chi connectivity index (χ3n) is 2.23. The predicted molar refractivity (Wildman–Crippen MR) is 50.5 cm³/mol. The predicted octanol–water partition coefficient (Wildman–Crippen LogP) is 0.0944. The molecule has 6 heteroatoms.